The van der Waals surface area contributed by atoms with E-state index in [1.54, 1.807) is 20.8 Å². The Kier molecular flexibility index (Phi) is 6.69. The first-order valence-electron chi connectivity index (χ1n) is 9.53. The van der Waals surface area contributed by atoms with E-state index < -0.39 is 29.8 Å². The number of hydrogen-bond acceptors (Lipinski definition) is 4. The van der Waals surface area contributed by atoms with Crippen LogP contribution in [0.15, 0.2) is 22.7 Å². The van der Waals surface area contributed by atoms with Gasteiger partial charge in [-0.1, -0.05) is 26.8 Å². The van der Waals surface area contributed by atoms with Crippen LogP contribution in [0.4, 0.5) is 4.79 Å². The molecule has 0 unspecified atom stereocenters. The van der Waals surface area contributed by atoms with Crippen LogP contribution in [-0.4, -0.2) is 46.4 Å². The zero-order chi connectivity index (χ0) is 21.3. The fourth-order valence-corrected chi connectivity index (χ4v) is 3.51. The first-order chi connectivity index (χ1) is 12.8. The second kappa shape index (κ2) is 8.31. The lowest BCUT2D eigenvalue weighted by atomic mass is 9.82. The van der Waals surface area contributed by atoms with Crippen LogP contribution in [0.5, 0.6) is 5.75 Å². The van der Waals surface area contributed by atoms with E-state index in [1.165, 1.54) is 10.5 Å². The maximum absolute atomic E-state index is 12.4. The zero-order valence-corrected chi connectivity index (χ0v) is 19.0. The number of nitrogens with zero attached hydrogens (tertiary/aromatic N) is 1. The number of amides is 1. The van der Waals surface area contributed by atoms with Gasteiger partial charge < -0.3 is 14.6 Å². The highest BCUT2D eigenvalue weighted by atomic mass is 79.9. The summed E-state index contributed by atoms with van der Waals surface area (Å²) < 4.78 is 12.2. The second-order valence-corrected chi connectivity index (χ2v) is 9.70. The van der Waals surface area contributed by atoms with E-state index in [0.29, 0.717) is 5.75 Å². The van der Waals surface area contributed by atoms with Crippen molar-refractivity contribution in [3.05, 3.63) is 28.2 Å². The fraction of sp³-hybridized carbons (Fsp3) is 0.619. The van der Waals surface area contributed by atoms with Crippen LogP contribution in [-0.2, 0) is 14.9 Å². The molecule has 1 N–H and O–H groups in total. The summed E-state index contributed by atoms with van der Waals surface area (Å²) >= 11 is 3.56. The molecule has 1 aromatic rings. The highest BCUT2D eigenvalue weighted by molar-refractivity contribution is 9.10. The third-order valence-corrected chi connectivity index (χ3v) is 5.69. The number of aliphatic carboxylic acids is 1. The van der Waals surface area contributed by atoms with Gasteiger partial charge in [-0.3, -0.25) is 4.90 Å². The topological polar surface area (TPSA) is 76.1 Å². The Balaban J connectivity index is 2.15. The van der Waals surface area contributed by atoms with Gasteiger partial charge >= 0.3 is 12.1 Å². The quantitative estimate of drug-likeness (QED) is 0.677. The number of carboxylic acids is 1. The van der Waals surface area contributed by atoms with E-state index in [2.05, 4.69) is 36.7 Å². The lowest BCUT2D eigenvalue weighted by molar-refractivity contribution is -0.142. The molecule has 1 aliphatic rings. The number of halogens is 1. The molecule has 1 amide bonds. The zero-order valence-electron chi connectivity index (χ0n) is 17.4. The molecular weight excluding hydrogens is 426 g/mol. The van der Waals surface area contributed by atoms with Crippen molar-refractivity contribution >= 4 is 28.0 Å². The second-order valence-electron chi connectivity index (χ2n) is 8.84. The summed E-state index contributed by atoms with van der Waals surface area (Å²) in [6.07, 6.45) is 0.163. The molecule has 0 bridgehead atoms. The van der Waals surface area contributed by atoms with Gasteiger partial charge in [0.1, 0.15) is 23.5 Å². The third kappa shape index (κ3) is 5.40. The molecule has 0 aromatic heterocycles. The minimum Gasteiger partial charge on any atom is -0.487 e. The standard InChI is InChI=1S/C21H30BrNO5/c1-7-21(5,6)13-8-9-17(15(22)10-13)27-14-11-16(18(24)25)23(12-14)19(26)28-20(2,3)4/h8-10,14,16H,7,11-12H2,1-6H3,(H,24,25)/t14-,16-/m0/s1. The molecular formula is C21H30BrNO5. The molecule has 156 valence electrons. The lowest BCUT2D eigenvalue weighted by Gasteiger charge is -2.26. The number of hydrogen-bond donors (Lipinski definition) is 1. The van der Waals surface area contributed by atoms with Crippen molar-refractivity contribution in [3.63, 3.8) is 0 Å². The molecule has 7 heteroatoms. The molecule has 1 aliphatic heterocycles. The van der Waals surface area contributed by atoms with E-state index in [-0.39, 0.29) is 18.4 Å². The minimum atomic E-state index is -1.06. The van der Waals surface area contributed by atoms with Crippen molar-refractivity contribution in [2.24, 2.45) is 0 Å². The molecule has 1 aromatic carbocycles. The third-order valence-electron chi connectivity index (χ3n) is 5.07. The van der Waals surface area contributed by atoms with E-state index in [1.807, 2.05) is 18.2 Å². The Morgan fingerprint density at radius 1 is 1.25 bits per heavy atom. The van der Waals surface area contributed by atoms with Gasteiger partial charge in [0.25, 0.3) is 0 Å². The number of carbonyl (C=O) groups is 2. The lowest BCUT2D eigenvalue weighted by Crippen LogP contribution is -2.43. The van der Waals surface area contributed by atoms with Crippen LogP contribution in [0, 0.1) is 0 Å². The number of rotatable bonds is 5. The maximum Gasteiger partial charge on any atom is 0.411 e. The normalized spacial score (nSPS) is 20.2. The van der Waals surface area contributed by atoms with Crippen LogP contribution >= 0.6 is 15.9 Å². The number of likely N-dealkylation sites (tertiary alicyclic amines) is 1. The Morgan fingerprint density at radius 2 is 1.89 bits per heavy atom. The summed E-state index contributed by atoms with van der Waals surface area (Å²) in [7, 11) is 0. The monoisotopic (exact) mass is 455 g/mol. The molecule has 0 saturated carbocycles. The van der Waals surface area contributed by atoms with E-state index >= 15 is 0 Å². The smallest absolute Gasteiger partial charge is 0.411 e. The molecule has 1 fully saturated rings. The van der Waals surface area contributed by atoms with Crippen molar-refractivity contribution in [1.29, 1.82) is 0 Å². The Bertz CT molecular complexity index is 741. The largest absolute Gasteiger partial charge is 0.487 e. The summed E-state index contributed by atoms with van der Waals surface area (Å²) in [6, 6.07) is 4.99. The molecule has 2 rings (SSSR count). The Labute approximate surface area is 175 Å². The van der Waals surface area contributed by atoms with Crippen LogP contribution in [0.1, 0.15) is 59.9 Å². The average molecular weight is 456 g/mol. The van der Waals surface area contributed by atoms with Crippen LogP contribution in [0.3, 0.4) is 0 Å². The van der Waals surface area contributed by atoms with Gasteiger partial charge in [0, 0.05) is 6.42 Å². The number of carboxylic acid groups (broad SMARTS) is 1. The number of benzene rings is 1. The van der Waals surface area contributed by atoms with E-state index in [9.17, 15) is 14.7 Å². The SMILES string of the molecule is CCC(C)(C)c1ccc(O[C@H]2C[C@@H](C(=O)O)N(C(=O)OC(C)(C)C)C2)c(Br)c1. The predicted octanol–water partition coefficient (Wildman–Crippen LogP) is 4.98. The van der Waals surface area contributed by atoms with Gasteiger partial charge in [-0.25, -0.2) is 9.59 Å². The highest BCUT2D eigenvalue weighted by Gasteiger charge is 2.42. The predicted molar refractivity (Wildman–Crippen MR) is 111 cm³/mol. The van der Waals surface area contributed by atoms with Crippen molar-refractivity contribution in [2.45, 2.75) is 77.5 Å². The Morgan fingerprint density at radius 3 is 2.39 bits per heavy atom. The summed E-state index contributed by atoms with van der Waals surface area (Å²) in [5.41, 5.74) is 0.555. The Hall–Kier alpha value is -1.76. The molecule has 1 heterocycles. The van der Waals surface area contributed by atoms with Crippen LogP contribution in [0.25, 0.3) is 0 Å². The first-order valence-corrected chi connectivity index (χ1v) is 10.3. The van der Waals surface area contributed by atoms with Gasteiger partial charge in [-0.05, 0) is 66.2 Å². The number of ether oxygens (including phenoxy) is 2. The molecule has 2 atom stereocenters. The van der Waals surface area contributed by atoms with Crippen LogP contribution < -0.4 is 4.74 Å². The summed E-state index contributed by atoms with van der Waals surface area (Å²) in [6.45, 7) is 11.9. The van der Waals surface area contributed by atoms with Crippen molar-refractivity contribution in [2.75, 3.05) is 6.54 Å². The van der Waals surface area contributed by atoms with Gasteiger partial charge in [0.15, 0.2) is 0 Å². The van der Waals surface area contributed by atoms with Crippen LogP contribution in [0.2, 0.25) is 0 Å². The van der Waals surface area contributed by atoms with Gasteiger partial charge in [-0.2, -0.15) is 0 Å². The molecule has 1 saturated heterocycles. The van der Waals surface area contributed by atoms with Gasteiger partial charge in [0.05, 0.1) is 11.0 Å². The van der Waals surface area contributed by atoms with Gasteiger partial charge in [0.2, 0.25) is 0 Å². The van der Waals surface area contributed by atoms with Gasteiger partial charge in [-0.15, -0.1) is 0 Å². The molecule has 0 radical (unpaired) electrons. The summed E-state index contributed by atoms with van der Waals surface area (Å²) in [5, 5.41) is 9.51. The molecule has 0 spiro atoms. The van der Waals surface area contributed by atoms with E-state index in [4.69, 9.17) is 9.47 Å². The maximum atomic E-state index is 12.4. The molecule has 28 heavy (non-hydrogen) atoms. The molecule has 0 aliphatic carbocycles. The summed E-state index contributed by atoms with van der Waals surface area (Å²) in [4.78, 5) is 25.3. The average Bonchev–Trinajstić information content (AvgIpc) is 2.99. The fourth-order valence-electron chi connectivity index (χ4n) is 3.04. The summed E-state index contributed by atoms with van der Waals surface area (Å²) in [5.74, 6) is -0.424. The highest BCUT2D eigenvalue weighted by Crippen LogP contribution is 2.35. The first kappa shape index (κ1) is 22.5. The van der Waals surface area contributed by atoms with Crippen molar-refractivity contribution in [3.8, 4) is 5.75 Å². The number of carbonyl (C=O) groups excluding carboxylic acids is 1. The molecule has 6 nitrogen and oxygen atoms in total. The van der Waals surface area contributed by atoms with Crippen molar-refractivity contribution in [1.82, 2.24) is 4.90 Å². The van der Waals surface area contributed by atoms with E-state index in [0.717, 1.165) is 10.9 Å². The van der Waals surface area contributed by atoms with Crippen molar-refractivity contribution < 1.29 is 24.2 Å². The minimum absolute atomic E-state index is 0.0519.